The van der Waals surface area contributed by atoms with E-state index in [1.54, 1.807) is 0 Å². The summed E-state index contributed by atoms with van der Waals surface area (Å²) in [5, 5.41) is 3.29. The van der Waals surface area contributed by atoms with Crippen molar-refractivity contribution >= 4 is 5.97 Å². The quantitative estimate of drug-likeness (QED) is 0.178. The van der Waals surface area contributed by atoms with Crippen LogP contribution >= 0.6 is 0 Å². The van der Waals surface area contributed by atoms with Crippen LogP contribution in [0.1, 0.15) is 96.8 Å². The number of ether oxygens (including phenoxy) is 1. The van der Waals surface area contributed by atoms with E-state index >= 15 is 0 Å². The van der Waals surface area contributed by atoms with Crippen molar-refractivity contribution in [3.8, 4) is 0 Å². The summed E-state index contributed by atoms with van der Waals surface area (Å²) in [5.41, 5.74) is 5.16. The maximum atomic E-state index is 10.8. The standard InChI is InChI=1S/C22H44N2O2/c1-2-3-4-5-6-7-8-9-10-11-12-13-14-15-16-17-18-24-19-20-26-22(25)21-23/h9-10,24H,2-8,11-21,23H2,1H3. The van der Waals surface area contributed by atoms with Gasteiger partial charge in [-0.2, -0.15) is 0 Å². The molecule has 0 aromatic heterocycles. The number of nitrogens with two attached hydrogens (primary N) is 1. The summed E-state index contributed by atoms with van der Waals surface area (Å²) in [4.78, 5) is 10.8. The third-order valence-electron chi connectivity index (χ3n) is 4.57. The second-order valence-electron chi connectivity index (χ2n) is 7.11. The van der Waals surface area contributed by atoms with E-state index < -0.39 is 0 Å². The van der Waals surface area contributed by atoms with Gasteiger partial charge in [0.1, 0.15) is 6.61 Å². The van der Waals surface area contributed by atoms with Crippen molar-refractivity contribution in [3.63, 3.8) is 0 Å². The topological polar surface area (TPSA) is 64.3 Å². The summed E-state index contributed by atoms with van der Waals surface area (Å²) in [6.07, 6.45) is 23.5. The van der Waals surface area contributed by atoms with Gasteiger partial charge in [-0.15, -0.1) is 0 Å². The summed E-state index contributed by atoms with van der Waals surface area (Å²) in [6, 6.07) is 0. The van der Waals surface area contributed by atoms with Gasteiger partial charge >= 0.3 is 5.97 Å². The lowest BCUT2D eigenvalue weighted by atomic mass is 10.1. The lowest BCUT2D eigenvalue weighted by molar-refractivity contribution is -0.141. The molecule has 154 valence electrons. The highest BCUT2D eigenvalue weighted by Crippen LogP contribution is 2.09. The number of unbranched alkanes of at least 4 members (excludes halogenated alkanes) is 12. The zero-order chi connectivity index (χ0) is 19.1. The molecule has 26 heavy (non-hydrogen) atoms. The molecule has 0 aliphatic heterocycles. The zero-order valence-electron chi connectivity index (χ0n) is 17.3. The van der Waals surface area contributed by atoms with Gasteiger partial charge in [0, 0.05) is 6.54 Å². The molecule has 0 heterocycles. The van der Waals surface area contributed by atoms with Crippen molar-refractivity contribution in [2.75, 3.05) is 26.2 Å². The van der Waals surface area contributed by atoms with Crippen LogP contribution in [0.3, 0.4) is 0 Å². The van der Waals surface area contributed by atoms with Crippen LogP contribution < -0.4 is 11.1 Å². The molecule has 0 spiro atoms. The average Bonchev–Trinajstić information content (AvgIpc) is 2.66. The van der Waals surface area contributed by atoms with Gasteiger partial charge in [0.05, 0.1) is 6.54 Å². The largest absolute Gasteiger partial charge is 0.463 e. The first kappa shape index (κ1) is 25.1. The van der Waals surface area contributed by atoms with Gasteiger partial charge in [0.25, 0.3) is 0 Å². The van der Waals surface area contributed by atoms with Gasteiger partial charge in [-0.3, -0.25) is 4.79 Å². The smallest absolute Gasteiger partial charge is 0.319 e. The molecule has 0 rings (SSSR count). The Balaban J connectivity index is 3.08. The van der Waals surface area contributed by atoms with E-state index in [1.165, 1.54) is 89.9 Å². The molecule has 0 amide bonds. The Morgan fingerprint density at radius 1 is 0.808 bits per heavy atom. The Morgan fingerprint density at radius 3 is 1.92 bits per heavy atom. The third kappa shape index (κ3) is 21.2. The van der Waals surface area contributed by atoms with Gasteiger partial charge in [0.2, 0.25) is 0 Å². The first-order valence-corrected chi connectivity index (χ1v) is 11.0. The molecule has 0 bridgehead atoms. The van der Waals surface area contributed by atoms with Crippen LogP contribution in [0.4, 0.5) is 0 Å². The van der Waals surface area contributed by atoms with E-state index in [-0.39, 0.29) is 12.5 Å². The monoisotopic (exact) mass is 368 g/mol. The first-order chi connectivity index (χ1) is 12.8. The molecular weight excluding hydrogens is 324 g/mol. The van der Waals surface area contributed by atoms with Crippen molar-refractivity contribution in [3.05, 3.63) is 12.2 Å². The normalized spacial score (nSPS) is 11.3. The molecule has 0 aliphatic carbocycles. The van der Waals surface area contributed by atoms with E-state index in [4.69, 9.17) is 10.5 Å². The Hall–Kier alpha value is -0.870. The first-order valence-electron chi connectivity index (χ1n) is 11.0. The van der Waals surface area contributed by atoms with Crippen LogP contribution in [0, 0.1) is 0 Å². The second kappa shape index (κ2) is 22.2. The van der Waals surface area contributed by atoms with Crippen LogP contribution in [0.25, 0.3) is 0 Å². The summed E-state index contributed by atoms with van der Waals surface area (Å²) in [6.45, 7) is 4.38. The van der Waals surface area contributed by atoms with E-state index in [0.29, 0.717) is 6.61 Å². The van der Waals surface area contributed by atoms with E-state index in [9.17, 15) is 4.79 Å². The lowest BCUT2D eigenvalue weighted by Gasteiger charge is -2.05. The Kier molecular flexibility index (Phi) is 21.4. The number of rotatable bonds is 20. The Morgan fingerprint density at radius 2 is 1.35 bits per heavy atom. The molecule has 0 saturated carbocycles. The number of carbonyl (C=O) groups excluding carboxylic acids is 1. The summed E-state index contributed by atoms with van der Waals surface area (Å²) >= 11 is 0. The number of carbonyl (C=O) groups is 1. The van der Waals surface area contributed by atoms with Crippen LogP contribution in [0.2, 0.25) is 0 Å². The van der Waals surface area contributed by atoms with Gasteiger partial charge in [0.15, 0.2) is 0 Å². The summed E-state index contributed by atoms with van der Waals surface area (Å²) < 4.78 is 4.89. The van der Waals surface area contributed by atoms with E-state index in [0.717, 1.165) is 13.1 Å². The maximum Gasteiger partial charge on any atom is 0.319 e. The fraction of sp³-hybridized carbons (Fsp3) is 0.864. The van der Waals surface area contributed by atoms with E-state index in [2.05, 4.69) is 24.4 Å². The minimum absolute atomic E-state index is 0.0328. The average molecular weight is 369 g/mol. The number of nitrogens with one attached hydrogen (secondary N) is 1. The SMILES string of the molecule is CCCCCCCCC=CCCCCCCCCNCCOC(=O)CN. The van der Waals surface area contributed by atoms with Crippen molar-refractivity contribution < 1.29 is 9.53 Å². The molecule has 4 nitrogen and oxygen atoms in total. The minimum atomic E-state index is -0.330. The van der Waals surface area contributed by atoms with Gasteiger partial charge in [-0.05, 0) is 38.6 Å². The van der Waals surface area contributed by atoms with Crippen molar-refractivity contribution in [1.29, 1.82) is 0 Å². The van der Waals surface area contributed by atoms with Crippen LogP contribution in [0.5, 0.6) is 0 Å². The molecule has 3 N–H and O–H groups in total. The summed E-state index contributed by atoms with van der Waals surface area (Å²) in [5.74, 6) is -0.330. The van der Waals surface area contributed by atoms with Crippen molar-refractivity contribution in [2.45, 2.75) is 96.8 Å². The summed E-state index contributed by atoms with van der Waals surface area (Å²) in [7, 11) is 0. The maximum absolute atomic E-state index is 10.8. The van der Waals surface area contributed by atoms with Gasteiger partial charge in [-0.1, -0.05) is 76.9 Å². The number of allylic oxidation sites excluding steroid dienone is 2. The lowest BCUT2D eigenvalue weighted by Crippen LogP contribution is -2.24. The highest BCUT2D eigenvalue weighted by Gasteiger charge is 1.97. The van der Waals surface area contributed by atoms with Crippen LogP contribution in [0.15, 0.2) is 12.2 Å². The number of hydrogen-bond acceptors (Lipinski definition) is 4. The molecule has 0 radical (unpaired) electrons. The van der Waals surface area contributed by atoms with Crippen LogP contribution in [-0.4, -0.2) is 32.2 Å². The fourth-order valence-corrected chi connectivity index (χ4v) is 2.92. The molecule has 4 heteroatoms. The minimum Gasteiger partial charge on any atom is -0.463 e. The predicted octanol–water partition coefficient (Wildman–Crippen LogP) is 5.12. The Labute approximate surface area is 162 Å². The zero-order valence-corrected chi connectivity index (χ0v) is 17.3. The fourth-order valence-electron chi connectivity index (χ4n) is 2.92. The van der Waals surface area contributed by atoms with Gasteiger partial charge < -0.3 is 15.8 Å². The third-order valence-corrected chi connectivity index (χ3v) is 4.57. The molecule has 0 atom stereocenters. The molecule has 0 saturated heterocycles. The van der Waals surface area contributed by atoms with Crippen molar-refractivity contribution in [2.24, 2.45) is 5.73 Å². The number of esters is 1. The van der Waals surface area contributed by atoms with Crippen LogP contribution in [-0.2, 0) is 9.53 Å². The number of hydrogen-bond donors (Lipinski definition) is 2. The Bertz CT molecular complexity index is 319. The van der Waals surface area contributed by atoms with E-state index in [1.807, 2.05) is 0 Å². The second-order valence-corrected chi connectivity index (χ2v) is 7.11. The molecule has 0 aromatic rings. The molecular formula is C22H44N2O2. The van der Waals surface area contributed by atoms with Gasteiger partial charge in [-0.25, -0.2) is 0 Å². The predicted molar refractivity (Wildman–Crippen MR) is 112 cm³/mol. The molecule has 0 fully saturated rings. The molecule has 0 aliphatic rings. The highest BCUT2D eigenvalue weighted by atomic mass is 16.5. The molecule has 0 unspecified atom stereocenters. The highest BCUT2D eigenvalue weighted by molar-refractivity contribution is 5.71. The molecule has 0 aromatic carbocycles. The van der Waals surface area contributed by atoms with Crippen molar-refractivity contribution in [1.82, 2.24) is 5.32 Å².